The van der Waals surface area contributed by atoms with Crippen molar-refractivity contribution in [2.24, 2.45) is 0 Å². The Kier molecular flexibility index (Phi) is 3.58. The van der Waals surface area contributed by atoms with Gasteiger partial charge in [-0.1, -0.05) is 0 Å². The SMILES string of the molecule is COCCNC(=O)c1sc2nc3c(cc2c1N)CCC3. The van der Waals surface area contributed by atoms with Crippen molar-refractivity contribution < 1.29 is 9.53 Å². The van der Waals surface area contributed by atoms with E-state index in [1.165, 1.54) is 16.9 Å². The zero-order valence-corrected chi connectivity index (χ0v) is 12.2. The lowest BCUT2D eigenvalue weighted by atomic mass is 10.1. The highest BCUT2D eigenvalue weighted by atomic mass is 32.1. The number of nitrogens with two attached hydrogens (primary N) is 1. The van der Waals surface area contributed by atoms with Crippen molar-refractivity contribution in [2.45, 2.75) is 19.3 Å². The second-order valence-electron chi connectivity index (χ2n) is 4.89. The maximum atomic E-state index is 12.1. The van der Waals surface area contributed by atoms with Crippen LogP contribution in [0, 0.1) is 0 Å². The number of aromatic nitrogens is 1. The number of ether oxygens (including phenoxy) is 1. The van der Waals surface area contributed by atoms with E-state index in [2.05, 4.69) is 16.4 Å². The first-order chi connectivity index (χ1) is 9.70. The topological polar surface area (TPSA) is 77.2 Å². The van der Waals surface area contributed by atoms with E-state index in [1.807, 2.05) is 0 Å². The molecule has 1 aliphatic carbocycles. The van der Waals surface area contributed by atoms with Crippen molar-refractivity contribution in [3.8, 4) is 0 Å². The van der Waals surface area contributed by atoms with Gasteiger partial charge in [0.15, 0.2) is 0 Å². The fourth-order valence-electron chi connectivity index (χ4n) is 2.51. The van der Waals surface area contributed by atoms with Gasteiger partial charge in [0, 0.05) is 24.7 Å². The van der Waals surface area contributed by atoms with Gasteiger partial charge in [0.25, 0.3) is 5.91 Å². The average molecular weight is 291 g/mol. The van der Waals surface area contributed by atoms with E-state index < -0.39 is 0 Å². The molecule has 0 fully saturated rings. The molecule has 0 unspecified atom stereocenters. The Morgan fingerprint density at radius 2 is 2.40 bits per heavy atom. The number of carbonyl (C=O) groups excluding carboxylic acids is 1. The molecule has 3 N–H and O–H groups in total. The van der Waals surface area contributed by atoms with Crippen LogP contribution in [0.15, 0.2) is 6.07 Å². The number of pyridine rings is 1. The molecule has 3 rings (SSSR count). The number of aryl methyl sites for hydroxylation is 2. The number of hydrogen-bond donors (Lipinski definition) is 2. The van der Waals surface area contributed by atoms with E-state index in [0.717, 1.165) is 35.2 Å². The van der Waals surface area contributed by atoms with E-state index in [9.17, 15) is 4.79 Å². The first kappa shape index (κ1) is 13.3. The molecule has 6 heteroatoms. The first-order valence-corrected chi connectivity index (χ1v) is 7.50. The summed E-state index contributed by atoms with van der Waals surface area (Å²) in [5.41, 5.74) is 9.09. The molecule has 2 aromatic heterocycles. The van der Waals surface area contributed by atoms with Crippen LogP contribution in [-0.4, -0.2) is 31.2 Å². The zero-order valence-electron chi connectivity index (χ0n) is 11.4. The number of methoxy groups -OCH3 is 1. The molecule has 0 spiro atoms. The van der Waals surface area contributed by atoms with Crippen LogP contribution < -0.4 is 11.1 Å². The van der Waals surface area contributed by atoms with Gasteiger partial charge in [0.2, 0.25) is 0 Å². The van der Waals surface area contributed by atoms with Crippen molar-refractivity contribution in [3.63, 3.8) is 0 Å². The van der Waals surface area contributed by atoms with Gasteiger partial charge in [-0.2, -0.15) is 0 Å². The maximum absolute atomic E-state index is 12.1. The molecule has 0 saturated carbocycles. The van der Waals surface area contributed by atoms with Crippen molar-refractivity contribution >= 4 is 33.1 Å². The molecular weight excluding hydrogens is 274 g/mol. The summed E-state index contributed by atoms with van der Waals surface area (Å²) in [6.07, 6.45) is 3.24. The minimum atomic E-state index is -0.150. The second-order valence-corrected chi connectivity index (χ2v) is 5.89. The fraction of sp³-hybridized carbons (Fsp3) is 0.429. The fourth-order valence-corrected chi connectivity index (χ4v) is 3.53. The molecule has 5 nitrogen and oxygen atoms in total. The van der Waals surface area contributed by atoms with E-state index in [4.69, 9.17) is 10.5 Å². The standard InChI is InChI=1S/C14H17N3O2S/c1-19-6-5-16-13(18)12-11(15)9-7-8-3-2-4-10(8)17-14(9)20-12/h7H,2-6,15H2,1H3,(H,16,18). The Bertz CT molecular complexity index is 666. The van der Waals surface area contributed by atoms with Gasteiger partial charge in [-0.3, -0.25) is 4.79 Å². The van der Waals surface area contributed by atoms with Gasteiger partial charge in [0.05, 0.1) is 12.3 Å². The van der Waals surface area contributed by atoms with Gasteiger partial charge >= 0.3 is 0 Å². The predicted octanol–water partition coefficient (Wildman–Crippen LogP) is 1.74. The minimum absolute atomic E-state index is 0.150. The van der Waals surface area contributed by atoms with Crippen molar-refractivity contribution in [3.05, 3.63) is 22.2 Å². The summed E-state index contributed by atoms with van der Waals surface area (Å²) < 4.78 is 4.92. The van der Waals surface area contributed by atoms with E-state index >= 15 is 0 Å². The lowest BCUT2D eigenvalue weighted by Gasteiger charge is -2.03. The second kappa shape index (κ2) is 5.38. The van der Waals surface area contributed by atoms with Gasteiger partial charge in [-0.15, -0.1) is 11.3 Å². The molecule has 0 atom stereocenters. The normalized spacial score (nSPS) is 13.7. The molecule has 0 saturated heterocycles. The summed E-state index contributed by atoms with van der Waals surface area (Å²) in [5, 5.41) is 3.71. The summed E-state index contributed by atoms with van der Waals surface area (Å²) in [4.78, 5) is 18.2. The molecule has 0 aliphatic heterocycles. The highest BCUT2D eigenvalue weighted by molar-refractivity contribution is 7.21. The van der Waals surface area contributed by atoms with Crippen LogP contribution in [0.3, 0.4) is 0 Å². The summed E-state index contributed by atoms with van der Waals surface area (Å²) in [6, 6.07) is 2.10. The number of amides is 1. The van der Waals surface area contributed by atoms with Crippen LogP contribution in [0.4, 0.5) is 5.69 Å². The number of thiophene rings is 1. The van der Waals surface area contributed by atoms with Crippen molar-refractivity contribution in [1.82, 2.24) is 10.3 Å². The van der Waals surface area contributed by atoms with Gasteiger partial charge < -0.3 is 15.8 Å². The molecule has 106 valence electrons. The Morgan fingerprint density at radius 3 is 3.20 bits per heavy atom. The average Bonchev–Trinajstić information content (AvgIpc) is 3.01. The molecule has 1 aliphatic rings. The van der Waals surface area contributed by atoms with Crippen LogP contribution in [0.25, 0.3) is 10.2 Å². The number of hydrogen-bond acceptors (Lipinski definition) is 5. The molecule has 0 aromatic carbocycles. The smallest absolute Gasteiger partial charge is 0.263 e. The molecular formula is C14H17N3O2S. The van der Waals surface area contributed by atoms with Crippen LogP contribution >= 0.6 is 11.3 Å². The first-order valence-electron chi connectivity index (χ1n) is 6.68. The summed E-state index contributed by atoms with van der Waals surface area (Å²) in [6.45, 7) is 0.968. The number of nitrogen functional groups attached to an aromatic ring is 1. The number of nitrogens with one attached hydrogen (secondary N) is 1. The van der Waals surface area contributed by atoms with E-state index in [0.29, 0.717) is 23.7 Å². The largest absolute Gasteiger partial charge is 0.397 e. The molecule has 2 aromatic rings. The van der Waals surface area contributed by atoms with Crippen LogP contribution in [-0.2, 0) is 17.6 Å². The summed E-state index contributed by atoms with van der Waals surface area (Å²) >= 11 is 1.37. The lowest BCUT2D eigenvalue weighted by molar-refractivity contribution is 0.0942. The molecule has 20 heavy (non-hydrogen) atoms. The van der Waals surface area contributed by atoms with Gasteiger partial charge in [-0.05, 0) is 30.9 Å². The lowest BCUT2D eigenvalue weighted by Crippen LogP contribution is -2.26. The number of nitrogens with zero attached hydrogens (tertiary/aromatic N) is 1. The van der Waals surface area contributed by atoms with Crippen LogP contribution in [0.2, 0.25) is 0 Å². The van der Waals surface area contributed by atoms with Gasteiger partial charge in [0.1, 0.15) is 9.71 Å². The zero-order chi connectivity index (χ0) is 14.1. The molecule has 0 bridgehead atoms. The Morgan fingerprint density at radius 1 is 1.55 bits per heavy atom. The maximum Gasteiger partial charge on any atom is 0.263 e. The summed E-state index contributed by atoms with van der Waals surface area (Å²) in [7, 11) is 1.60. The number of rotatable bonds is 4. The van der Waals surface area contributed by atoms with E-state index in [1.54, 1.807) is 7.11 Å². The monoisotopic (exact) mass is 291 g/mol. The van der Waals surface area contributed by atoms with Crippen LogP contribution in [0.1, 0.15) is 27.3 Å². The third-order valence-corrected chi connectivity index (χ3v) is 4.66. The summed E-state index contributed by atoms with van der Waals surface area (Å²) in [5.74, 6) is -0.150. The Balaban J connectivity index is 1.93. The minimum Gasteiger partial charge on any atom is -0.397 e. The Hall–Kier alpha value is -1.66. The van der Waals surface area contributed by atoms with Crippen LogP contribution in [0.5, 0.6) is 0 Å². The third-order valence-electron chi connectivity index (χ3n) is 3.55. The molecule has 1 amide bonds. The number of anilines is 1. The van der Waals surface area contributed by atoms with Crippen molar-refractivity contribution in [2.75, 3.05) is 26.0 Å². The van der Waals surface area contributed by atoms with Crippen molar-refractivity contribution in [1.29, 1.82) is 0 Å². The highest BCUT2D eigenvalue weighted by Crippen LogP contribution is 2.35. The van der Waals surface area contributed by atoms with Gasteiger partial charge in [-0.25, -0.2) is 4.98 Å². The molecule has 2 heterocycles. The van der Waals surface area contributed by atoms with E-state index in [-0.39, 0.29) is 5.91 Å². The Labute approximate surface area is 121 Å². The quantitative estimate of drug-likeness (QED) is 0.841. The number of carbonyl (C=O) groups is 1. The highest BCUT2D eigenvalue weighted by Gasteiger charge is 2.20. The third kappa shape index (κ3) is 2.25. The number of fused-ring (bicyclic) bond motifs is 2. The predicted molar refractivity (Wildman–Crippen MR) is 80.3 cm³/mol. The molecule has 0 radical (unpaired) electrons.